The summed E-state index contributed by atoms with van der Waals surface area (Å²) in [6, 6.07) is 8.65. The summed E-state index contributed by atoms with van der Waals surface area (Å²) in [5.41, 5.74) is -0.230. The van der Waals surface area contributed by atoms with Crippen molar-refractivity contribution in [1.82, 2.24) is 24.7 Å². The Labute approximate surface area is 192 Å². The molecule has 0 aliphatic heterocycles. The number of rotatable bonds is 5. The van der Waals surface area contributed by atoms with Gasteiger partial charge in [0.25, 0.3) is 0 Å². The van der Waals surface area contributed by atoms with Crippen LogP contribution in [0, 0.1) is 5.82 Å². The molecule has 3 aromatic heterocycles. The average molecular weight is 491 g/mol. The molecule has 34 heavy (non-hydrogen) atoms. The summed E-state index contributed by atoms with van der Waals surface area (Å²) in [6.07, 6.45) is -2.20. The van der Waals surface area contributed by atoms with E-state index in [0.717, 1.165) is 18.3 Å². The van der Waals surface area contributed by atoms with Crippen molar-refractivity contribution in [2.75, 3.05) is 5.75 Å². The van der Waals surface area contributed by atoms with Crippen molar-refractivity contribution in [2.45, 2.75) is 18.0 Å². The number of alkyl halides is 3. The van der Waals surface area contributed by atoms with Gasteiger partial charge in [0.1, 0.15) is 17.2 Å². The number of hydrogen-bond donors (Lipinski definition) is 0. The van der Waals surface area contributed by atoms with E-state index >= 15 is 0 Å². The highest BCUT2D eigenvalue weighted by Gasteiger charge is 2.31. The van der Waals surface area contributed by atoms with E-state index in [2.05, 4.69) is 20.2 Å². The predicted octanol–water partition coefficient (Wildman–Crippen LogP) is 4.56. The van der Waals surface area contributed by atoms with Crippen LogP contribution in [0.15, 0.2) is 59.8 Å². The highest BCUT2D eigenvalue weighted by molar-refractivity contribution is 7.91. The standard InChI is InChI=1S/C22H17F4N5O2S/c1-3-34(32,33)18-10-14(13-5-4-6-16(23)9-13)12-28-19(18)21-30-29-20(31(21)2)17-11-15(7-8-27-17)22(24,25)26/h4-12H,3H2,1-2H3. The zero-order chi connectivity index (χ0) is 24.7. The molecule has 4 aromatic rings. The second kappa shape index (κ2) is 8.60. The minimum Gasteiger partial charge on any atom is -0.307 e. The highest BCUT2D eigenvalue weighted by Crippen LogP contribution is 2.33. The fourth-order valence-corrected chi connectivity index (χ4v) is 4.37. The smallest absolute Gasteiger partial charge is 0.307 e. The molecule has 0 aliphatic carbocycles. The molecule has 0 spiro atoms. The summed E-state index contributed by atoms with van der Waals surface area (Å²) in [5, 5.41) is 7.91. The molecule has 0 unspecified atom stereocenters. The first kappa shape index (κ1) is 23.5. The van der Waals surface area contributed by atoms with Crippen molar-refractivity contribution < 1.29 is 26.0 Å². The van der Waals surface area contributed by atoms with Crippen LogP contribution in [0.5, 0.6) is 0 Å². The fraction of sp³-hybridized carbons (Fsp3) is 0.182. The fourth-order valence-electron chi connectivity index (χ4n) is 3.32. The van der Waals surface area contributed by atoms with Gasteiger partial charge in [0.15, 0.2) is 21.5 Å². The molecule has 0 atom stereocenters. The van der Waals surface area contributed by atoms with Crippen LogP contribution in [0.3, 0.4) is 0 Å². The molecule has 3 heterocycles. The second-order valence-electron chi connectivity index (χ2n) is 7.32. The van der Waals surface area contributed by atoms with Crippen LogP contribution in [-0.4, -0.2) is 38.9 Å². The molecule has 0 bridgehead atoms. The molecular formula is C22H17F4N5O2S. The third-order valence-electron chi connectivity index (χ3n) is 5.13. The minimum atomic E-state index is -4.57. The molecule has 1 aromatic carbocycles. The first-order chi connectivity index (χ1) is 16.0. The molecular weight excluding hydrogens is 474 g/mol. The third kappa shape index (κ3) is 4.40. The van der Waals surface area contributed by atoms with Crippen molar-refractivity contribution in [3.05, 3.63) is 66.2 Å². The Bertz CT molecular complexity index is 1480. The maximum Gasteiger partial charge on any atom is 0.416 e. The SMILES string of the molecule is CCS(=O)(=O)c1cc(-c2cccc(F)c2)cnc1-c1nnc(-c2cc(C(F)(F)F)ccn2)n1C. The van der Waals surface area contributed by atoms with Crippen molar-refractivity contribution in [1.29, 1.82) is 0 Å². The first-order valence-electron chi connectivity index (χ1n) is 9.93. The summed E-state index contributed by atoms with van der Waals surface area (Å²) < 4.78 is 80.1. The third-order valence-corrected chi connectivity index (χ3v) is 6.87. The molecule has 7 nitrogen and oxygen atoms in total. The lowest BCUT2D eigenvalue weighted by atomic mass is 10.1. The van der Waals surface area contributed by atoms with Crippen LogP contribution in [0.25, 0.3) is 34.2 Å². The summed E-state index contributed by atoms with van der Waals surface area (Å²) in [4.78, 5) is 8.05. The Kier molecular flexibility index (Phi) is 5.94. The zero-order valence-corrected chi connectivity index (χ0v) is 18.7. The zero-order valence-electron chi connectivity index (χ0n) is 17.9. The normalized spacial score (nSPS) is 12.2. The lowest BCUT2D eigenvalue weighted by molar-refractivity contribution is -0.137. The second-order valence-corrected chi connectivity index (χ2v) is 9.56. The van der Waals surface area contributed by atoms with Gasteiger partial charge in [-0.1, -0.05) is 19.1 Å². The van der Waals surface area contributed by atoms with Crippen molar-refractivity contribution in [3.63, 3.8) is 0 Å². The van der Waals surface area contributed by atoms with Gasteiger partial charge in [-0.05, 0) is 35.9 Å². The highest BCUT2D eigenvalue weighted by atomic mass is 32.2. The van der Waals surface area contributed by atoms with Gasteiger partial charge in [-0.15, -0.1) is 10.2 Å². The summed E-state index contributed by atoms with van der Waals surface area (Å²) in [7, 11) is -2.35. The lowest BCUT2D eigenvalue weighted by Gasteiger charge is -2.12. The maximum absolute atomic E-state index is 13.7. The average Bonchev–Trinajstić information content (AvgIpc) is 3.19. The van der Waals surface area contributed by atoms with E-state index in [1.54, 1.807) is 6.07 Å². The number of aromatic nitrogens is 5. The minimum absolute atomic E-state index is 0.00282. The van der Waals surface area contributed by atoms with Crippen LogP contribution < -0.4 is 0 Å². The van der Waals surface area contributed by atoms with E-state index in [1.165, 1.54) is 49.0 Å². The van der Waals surface area contributed by atoms with E-state index < -0.39 is 27.4 Å². The van der Waals surface area contributed by atoms with E-state index in [-0.39, 0.29) is 33.7 Å². The molecule has 0 amide bonds. The Hall–Kier alpha value is -3.67. The number of nitrogens with zero attached hydrogens (tertiary/aromatic N) is 5. The van der Waals surface area contributed by atoms with Gasteiger partial charge in [0.2, 0.25) is 0 Å². The molecule has 0 N–H and O–H groups in total. The molecule has 0 radical (unpaired) electrons. The van der Waals surface area contributed by atoms with Crippen LogP contribution in [-0.2, 0) is 23.1 Å². The molecule has 0 saturated carbocycles. The van der Waals surface area contributed by atoms with E-state index in [0.29, 0.717) is 11.1 Å². The van der Waals surface area contributed by atoms with Gasteiger partial charge >= 0.3 is 6.18 Å². The van der Waals surface area contributed by atoms with E-state index in [4.69, 9.17) is 0 Å². The van der Waals surface area contributed by atoms with Gasteiger partial charge in [-0.25, -0.2) is 12.8 Å². The number of pyridine rings is 2. The largest absolute Gasteiger partial charge is 0.416 e. The summed E-state index contributed by atoms with van der Waals surface area (Å²) >= 11 is 0. The number of halogens is 4. The topological polar surface area (TPSA) is 90.6 Å². The van der Waals surface area contributed by atoms with Crippen molar-refractivity contribution in [3.8, 4) is 34.2 Å². The molecule has 12 heteroatoms. The Morgan fingerprint density at radius 1 is 0.971 bits per heavy atom. The summed E-state index contributed by atoms with van der Waals surface area (Å²) in [6.45, 7) is 1.46. The molecule has 0 aliphatic rings. The number of hydrogen-bond acceptors (Lipinski definition) is 6. The quantitative estimate of drug-likeness (QED) is 0.380. The molecule has 0 saturated heterocycles. The molecule has 0 fully saturated rings. The van der Waals surface area contributed by atoms with E-state index in [1.807, 2.05) is 0 Å². The first-order valence-corrected chi connectivity index (χ1v) is 11.6. The maximum atomic E-state index is 13.7. The van der Waals surface area contributed by atoms with Crippen molar-refractivity contribution in [2.24, 2.45) is 7.05 Å². The van der Waals surface area contributed by atoms with Gasteiger partial charge < -0.3 is 4.57 Å². The number of sulfone groups is 1. The van der Waals surface area contributed by atoms with Gasteiger partial charge in [-0.3, -0.25) is 9.97 Å². The Balaban J connectivity index is 1.87. The van der Waals surface area contributed by atoms with Crippen molar-refractivity contribution >= 4 is 9.84 Å². The predicted molar refractivity (Wildman–Crippen MR) is 116 cm³/mol. The van der Waals surface area contributed by atoms with Gasteiger partial charge in [0, 0.05) is 25.0 Å². The van der Waals surface area contributed by atoms with Crippen LogP contribution in [0.4, 0.5) is 17.6 Å². The molecule has 4 rings (SSSR count). The van der Waals surface area contributed by atoms with E-state index in [9.17, 15) is 26.0 Å². The van der Waals surface area contributed by atoms with Crippen LogP contribution in [0.2, 0.25) is 0 Å². The molecule has 176 valence electrons. The van der Waals surface area contributed by atoms with Crippen LogP contribution in [0.1, 0.15) is 12.5 Å². The monoisotopic (exact) mass is 491 g/mol. The summed E-state index contributed by atoms with van der Waals surface area (Å²) in [5.74, 6) is -0.717. The number of benzene rings is 1. The Morgan fingerprint density at radius 3 is 2.38 bits per heavy atom. The lowest BCUT2D eigenvalue weighted by Crippen LogP contribution is -2.09. The van der Waals surface area contributed by atoms with Gasteiger partial charge in [0.05, 0.1) is 16.2 Å². The van der Waals surface area contributed by atoms with Gasteiger partial charge in [-0.2, -0.15) is 13.2 Å². The van der Waals surface area contributed by atoms with Crippen LogP contribution >= 0.6 is 0 Å². The Morgan fingerprint density at radius 2 is 1.71 bits per heavy atom.